The van der Waals surface area contributed by atoms with Gasteiger partial charge in [0.1, 0.15) is 11.1 Å². The molecule has 1 aromatic carbocycles. The molecular formula is C20H26N4O5S. The van der Waals surface area contributed by atoms with E-state index in [-0.39, 0.29) is 23.6 Å². The monoisotopic (exact) mass is 434 g/mol. The van der Waals surface area contributed by atoms with Gasteiger partial charge in [-0.2, -0.15) is 5.10 Å². The van der Waals surface area contributed by atoms with Gasteiger partial charge in [-0.3, -0.25) is 9.40 Å². The number of methoxy groups -OCH3 is 2. The molecule has 1 saturated carbocycles. The van der Waals surface area contributed by atoms with Gasteiger partial charge in [-0.25, -0.2) is 8.42 Å². The average molecular weight is 435 g/mol. The Labute approximate surface area is 175 Å². The van der Waals surface area contributed by atoms with E-state index in [1.807, 2.05) is 18.3 Å². The van der Waals surface area contributed by atoms with Gasteiger partial charge in [-0.05, 0) is 42.5 Å². The van der Waals surface area contributed by atoms with Crippen molar-refractivity contribution in [1.29, 1.82) is 0 Å². The van der Waals surface area contributed by atoms with E-state index in [9.17, 15) is 8.42 Å². The Balaban J connectivity index is 1.57. The number of aromatic nitrogens is 3. The molecule has 30 heavy (non-hydrogen) atoms. The van der Waals surface area contributed by atoms with E-state index >= 15 is 0 Å². The van der Waals surface area contributed by atoms with E-state index in [1.165, 1.54) is 7.11 Å². The van der Waals surface area contributed by atoms with E-state index in [4.69, 9.17) is 14.0 Å². The Hall–Kier alpha value is -2.59. The molecule has 4 rings (SSSR count). The third-order valence-corrected chi connectivity index (χ3v) is 6.86. The standard InChI is InChI=1S/C20H26N4O5S/c1-27-16-10-14(12-24-9-5-8-21-24)11-17-19(16)20(22-29-17)23-30(25,26)13-18(28-2)15-6-3-4-7-15/h5,8-11,15,18H,3-4,6-7,12-13H2,1-2H3,(H,22,23). The molecule has 9 nitrogen and oxygen atoms in total. The van der Waals surface area contributed by atoms with Crippen molar-refractivity contribution in [1.82, 2.24) is 14.9 Å². The van der Waals surface area contributed by atoms with Gasteiger partial charge in [0.05, 0.1) is 25.5 Å². The van der Waals surface area contributed by atoms with Crippen LogP contribution in [0.3, 0.4) is 0 Å². The maximum atomic E-state index is 12.8. The van der Waals surface area contributed by atoms with Gasteiger partial charge in [-0.1, -0.05) is 18.0 Å². The molecule has 1 fully saturated rings. The molecule has 2 heterocycles. The van der Waals surface area contributed by atoms with Gasteiger partial charge >= 0.3 is 0 Å². The Morgan fingerprint density at radius 2 is 2.10 bits per heavy atom. The second-order valence-corrected chi connectivity index (χ2v) is 9.38. The summed E-state index contributed by atoms with van der Waals surface area (Å²) in [5.74, 6) is 0.740. The van der Waals surface area contributed by atoms with Gasteiger partial charge in [0.15, 0.2) is 11.4 Å². The molecule has 1 aliphatic rings. The van der Waals surface area contributed by atoms with E-state index in [2.05, 4.69) is 15.0 Å². The van der Waals surface area contributed by atoms with Crippen LogP contribution in [-0.4, -0.2) is 49.4 Å². The fourth-order valence-corrected chi connectivity index (χ4v) is 5.48. The molecule has 2 aromatic heterocycles. The molecular weight excluding hydrogens is 408 g/mol. The quantitative estimate of drug-likeness (QED) is 0.551. The Morgan fingerprint density at radius 1 is 1.30 bits per heavy atom. The first kappa shape index (κ1) is 20.7. The molecule has 3 aromatic rings. The molecule has 1 aliphatic carbocycles. The van der Waals surface area contributed by atoms with E-state index in [0.717, 1.165) is 31.2 Å². The summed E-state index contributed by atoms with van der Waals surface area (Å²) in [4.78, 5) is 0. The number of nitrogens with zero attached hydrogens (tertiary/aromatic N) is 3. The number of anilines is 1. The fraction of sp³-hybridized carbons (Fsp3) is 0.500. The minimum absolute atomic E-state index is 0.119. The summed E-state index contributed by atoms with van der Waals surface area (Å²) < 4.78 is 46.4. The third-order valence-electron chi connectivity index (χ3n) is 5.59. The zero-order chi connectivity index (χ0) is 21.1. The first-order chi connectivity index (χ1) is 14.5. The predicted molar refractivity (Wildman–Crippen MR) is 112 cm³/mol. The van der Waals surface area contributed by atoms with Crippen LogP contribution >= 0.6 is 0 Å². The summed E-state index contributed by atoms with van der Waals surface area (Å²) >= 11 is 0. The molecule has 1 unspecified atom stereocenters. The lowest BCUT2D eigenvalue weighted by atomic mass is 10.0. The van der Waals surface area contributed by atoms with Crippen LogP contribution < -0.4 is 9.46 Å². The summed E-state index contributed by atoms with van der Waals surface area (Å²) in [5.41, 5.74) is 1.34. The van der Waals surface area contributed by atoms with Gasteiger partial charge in [0, 0.05) is 19.5 Å². The van der Waals surface area contributed by atoms with Crippen molar-refractivity contribution in [3.63, 3.8) is 0 Å². The average Bonchev–Trinajstić information content (AvgIpc) is 3.48. The lowest BCUT2D eigenvalue weighted by Crippen LogP contribution is -2.32. The number of hydrogen-bond acceptors (Lipinski definition) is 7. The number of rotatable bonds is 9. The van der Waals surface area contributed by atoms with Crippen LogP contribution in [0.25, 0.3) is 11.0 Å². The van der Waals surface area contributed by atoms with Crippen molar-refractivity contribution in [3.05, 3.63) is 36.2 Å². The van der Waals surface area contributed by atoms with Crippen molar-refractivity contribution in [2.75, 3.05) is 24.7 Å². The van der Waals surface area contributed by atoms with Crippen LogP contribution in [0, 0.1) is 5.92 Å². The largest absolute Gasteiger partial charge is 0.496 e. The van der Waals surface area contributed by atoms with Crippen LogP contribution in [0.1, 0.15) is 31.2 Å². The van der Waals surface area contributed by atoms with Crippen molar-refractivity contribution < 1.29 is 22.4 Å². The van der Waals surface area contributed by atoms with Crippen LogP contribution in [0.2, 0.25) is 0 Å². The van der Waals surface area contributed by atoms with Crippen molar-refractivity contribution in [2.45, 2.75) is 38.3 Å². The lowest BCUT2D eigenvalue weighted by Gasteiger charge is -2.21. The molecule has 1 atom stereocenters. The number of sulfonamides is 1. The summed E-state index contributed by atoms with van der Waals surface area (Å²) in [6.07, 6.45) is 7.43. The number of fused-ring (bicyclic) bond motifs is 1. The Morgan fingerprint density at radius 3 is 2.77 bits per heavy atom. The highest BCUT2D eigenvalue weighted by molar-refractivity contribution is 7.92. The highest BCUT2D eigenvalue weighted by atomic mass is 32.2. The van der Waals surface area contributed by atoms with Gasteiger partial charge < -0.3 is 14.0 Å². The topological polar surface area (TPSA) is 108 Å². The maximum Gasteiger partial charge on any atom is 0.236 e. The molecule has 0 radical (unpaired) electrons. The van der Waals surface area contributed by atoms with Crippen LogP contribution in [0.4, 0.5) is 5.82 Å². The van der Waals surface area contributed by atoms with Gasteiger partial charge in [-0.15, -0.1) is 0 Å². The zero-order valence-electron chi connectivity index (χ0n) is 17.1. The minimum atomic E-state index is -3.69. The molecule has 0 bridgehead atoms. The number of benzene rings is 1. The maximum absolute atomic E-state index is 12.8. The summed E-state index contributed by atoms with van der Waals surface area (Å²) in [6, 6.07) is 5.48. The van der Waals surface area contributed by atoms with Crippen molar-refractivity contribution >= 4 is 26.8 Å². The summed E-state index contributed by atoms with van der Waals surface area (Å²) in [5, 5.41) is 8.63. The van der Waals surface area contributed by atoms with E-state index < -0.39 is 10.0 Å². The van der Waals surface area contributed by atoms with Crippen molar-refractivity contribution in [3.8, 4) is 5.75 Å². The van der Waals surface area contributed by atoms with Crippen LogP contribution in [0.15, 0.2) is 35.1 Å². The predicted octanol–water partition coefficient (Wildman–Crippen LogP) is 3.03. The first-order valence-corrected chi connectivity index (χ1v) is 11.6. The van der Waals surface area contributed by atoms with E-state index in [0.29, 0.717) is 23.3 Å². The van der Waals surface area contributed by atoms with Gasteiger partial charge in [0.25, 0.3) is 0 Å². The second-order valence-electron chi connectivity index (χ2n) is 7.61. The molecule has 0 aliphatic heterocycles. The highest BCUT2D eigenvalue weighted by Gasteiger charge is 2.30. The molecule has 162 valence electrons. The van der Waals surface area contributed by atoms with Crippen molar-refractivity contribution in [2.24, 2.45) is 5.92 Å². The number of hydrogen-bond donors (Lipinski definition) is 1. The molecule has 1 N–H and O–H groups in total. The van der Waals surface area contributed by atoms with E-state index in [1.54, 1.807) is 24.1 Å². The second kappa shape index (κ2) is 8.65. The SMILES string of the molecule is COc1cc(Cn2cccn2)cc2onc(NS(=O)(=O)CC(OC)C3CCCC3)c12. The van der Waals surface area contributed by atoms with Crippen LogP contribution in [0.5, 0.6) is 5.75 Å². The normalized spacial score (nSPS) is 16.2. The smallest absolute Gasteiger partial charge is 0.236 e. The molecule has 0 amide bonds. The minimum Gasteiger partial charge on any atom is -0.496 e. The Kier molecular flexibility index (Phi) is 5.96. The highest BCUT2D eigenvalue weighted by Crippen LogP contribution is 2.35. The summed E-state index contributed by atoms with van der Waals surface area (Å²) in [6.45, 7) is 0.526. The number of ether oxygens (including phenoxy) is 2. The fourth-order valence-electron chi connectivity index (χ4n) is 4.12. The Bertz CT molecular complexity index is 1090. The van der Waals surface area contributed by atoms with Gasteiger partial charge in [0.2, 0.25) is 10.0 Å². The lowest BCUT2D eigenvalue weighted by molar-refractivity contribution is 0.0718. The van der Waals surface area contributed by atoms with Crippen LogP contribution in [-0.2, 0) is 21.3 Å². The molecule has 0 saturated heterocycles. The third kappa shape index (κ3) is 4.44. The summed E-state index contributed by atoms with van der Waals surface area (Å²) in [7, 11) is -0.598. The number of nitrogens with one attached hydrogen (secondary N) is 1. The first-order valence-electron chi connectivity index (χ1n) is 9.96. The molecule has 10 heteroatoms. The zero-order valence-corrected chi connectivity index (χ0v) is 17.9. The molecule has 0 spiro atoms.